The minimum Gasteiger partial charge on any atom is -0.348 e. The summed E-state index contributed by atoms with van der Waals surface area (Å²) < 4.78 is 1.56. The lowest BCUT2D eigenvalue weighted by molar-refractivity contribution is -0.384. The summed E-state index contributed by atoms with van der Waals surface area (Å²) in [6, 6.07) is 10.0. The van der Waals surface area contributed by atoms with E-state index in [9.17, 15) is 14.9 Å². The quantitative estimate of drug-likeness (QED) is 0.595. The lowest BCUT2D eigenvalue weighted by Crippen LogP contribution is -2.49. The second-order valence-corrected chi connectivity index (χ2v) is 7.02. The molecule has 27 heavy (non-hydrogen) atoms. The summed E-state index contributed by atoms with van der Waals surface area (Å²) in [5, 5.41) is 15.6. The second-order valence-electron chi connectivity index (χ2n) is 7.02. The van der Waals surface area contributed by atoms with E-state index in [1.165, 1.54) is 0 Å². The molecule has 0 saturated carbocycles. The average Bonchev–Trinajstić information content (AvgIpc) is 2.96. The first-order chi connectivity index (χ1) is 12.9. The number of carbonyl (C=O) groups excluding carboxylic acids is 1. The first kappa shape index (κ1) is 18.9. The zero-order valence-electron chi connectivity index (χ0n) is 16.0. The normalized spacial score (nSPS) is 15.7. The van der Waals surface area contributed by atoms with Gasteiger partial charge >= 0.3 is 5.69 Å². The SMILES string of the molecule is Cc1nn(C)c(N2CCN(C(=O)CC(C)c3ccccc3)CC2)c1[N+](=O)[O-]. The highest BCUT2D eigenvalue weighted by atomic mass is 16.6. The van der Waals surface area contributed by atoms with E-state index in [0.717, 1.165) is 5.56 Å². The Kier molecular flexibility index (Phi) is 5.43. The molecule has 0 bridgehead atoms. The van der Waals surface area contributed by atoms with Crippen LogP contribution in [0.5, 0.6) is 0 Å². The number of benzene rings is 1. The molecule has 0 aliphatic carbocycles. The number of rotatable bonds is 5. The van der Waals surface area contributed by atoms with Crippen molar-refractivity contribution in [2.45, 2.75) is 26.2 Å². The summed E-state index contributed by atoms with van der Waals surface area (Å²) in [6.45, 7) is 5.94. The zero-order chi connectivity index (χ0) is 19.6. The molecule has 1 atom stereocenters. The Hall–Kier alpha value is -2.90. The molecule has 1 aromatic carbocycles. The van der Waals surface area contributed by atoms with Gasteiger partial charge in [-0.1, -0.05) is 37.3 Å². The van der Waals surface area contributed by atoms with E-state index in [1.54, 1.807) is 18.7 Å². The molecule has 144 valence electrons. The van der Waals surface area contributed by atoms with Crippen molar-refractivity contribution in [2.24, 2.45) is 7.05 Å². The van der Waals surface area contributed by atoms with Gasteiger partial charge in [-0.3, -0.25) is 14.9 Å². The molecule has 1 aliphatic heterocycles. The fraction of sp³-hybridized carbons (Fsp3) is 0.474. The maximum absolute atomic E-state index is 12.7. The van der Waals surface area contributed by atoms with Crippen LogP contribution in [0.1, 0.15) is 30.5 Å². The van der Waals surface area contributed by atoms with Gasteiger partial charge in [0.1, 0.15) is 5.69 Å². The molecule has 1 fully saturated rings. The number of piperazine rings is 1. The van der Waals surface area contributed by atoms with E-state index in [0.29, 0.717) is 44.1 Å². The Morgan fingerprint density at radius 2 is 1.85 bits per heavy atom. The number of nitrogens with zero attached hydrogens (tertiary/aromatic N) is 5. The molecular formula is C19H25N5O3. The summed E-state index contributed by atoms with van der Waals surface area (Å²) in [4.78, 5) is 27.5. The predicted octanol–water partition coefficient (Wildman–Crippen LogP) is 2.48. The average molecular weight is 371 g/mol. The van der Waals surface area contributed by atoms with Crippen LogP contribution in [0.25, 0.3) is 0 Å². The Morgan fingerprint density at radius 3 is 2.44 bits per heavy atom. The summed E-state index contributed by atoms with van der Waals surface area (Å²) >= 11 is 0. The van der Waals surface area contributed by atoms with Gasteiger partial charge in [0, 0.05) is 39.6 Å². The Labute approximate surface area is 158 Å². The fourth-order valence-electron chi connectivity index (χ4n) is 3.66. The number of hydrogen-bond donors (Lipinski definition) is 0. The number of hydrogen-bond acceptors (Lipinski definition) is 5. The van der Waals surface area contributed by atoms with Crippen LogP contribution < -0.4 is 4.90 Å². The molecule has 2 aromatic rings. The van der Waals surface area contributed by atoms with Crippen molar-refractivity contribution in [1.82, 2.24) is 14.7 Å². The zero-order valence-corrected chi connectivity index (χ0v) is 16.0. The third-order valence-corrected chi connectivity index (χ3v) is 5.12. The molecule has 1 saturated heterocycles. The largest absolute Gasteiger partial charge is 0.348 e. The first-order valence-electron chi connectivity index (χ1n) is 9.14. The van der Waals surface area contributed by atoms with Crippen molar-refractivity contribution < 1.29 is 9.72 Å². The van der Waals surface area contributed by atoms with Gasteiger partial charge in [0.2, 0.25) is 11.7 Å². The van der Waals surface area contributed by atoms with Crippen LogP contribution in [0.4, 0.5) is 11.5 Å². The molecule has 8 nitrogen and oxygen atoms in total. The van der Waals surface area contributed by atoms with Crippen molar-refractivity contribution in [2.75, 3.05) is 31.1 Å². The Bertz CT molecular complexity index is 825. The van der Waals surface area contributed by atoms with E-state index in [-0.39, 0.29) is 22.4 Å². The predicted molar refractivity (Wildman–Crippen MR) is 103 cm³/mol. The van der Waals surface area contributed by atoms with Gasteiger partial charge < -0.3 is 9.80 Å². The fourth-order valence-corrected chi connectivity index (χ4v) is 3.66. The number of carbonyl (C=O) groups is 1. The van der Waals surface area contributed by atoms with Gasteiger partial charge in [0.15, 0.2) is 0 Å². The lowest BCUT2D eigenvalue weighted by atomic mass is 9.97. The van der Waals surface area contributed by atoms with Gasteiger partial charge in [-0.05, 0) is 18.4 Å². The van der Waals surface area contributed by atoms with Crippen LogP contribution in [0.2, 0.25) is 0 Å². The minimum atomic E-state index is -0.378. The first-order valence-corrected chi connectivity index (χ1v) is 9.14. The minimum absolute atomic E-state index is 0.0509. The molecule has 1 amide bonds. The highest BCUT2D eigenvalue weighted by molar-refractivity contribution is 5.77. The van der Waals surface area contributed by atoms with Crippen LogP contribution in [-0.4, -0.2) is 51.7 Å². The van der Waals surface area contributed by atoms with Crippen LogP contribution in [-0.2, 0) is 11.8 Å². The van der Waals surface area contributed by atoms with E-state index in [2.05, 4.69) is 12.0 Å². The van der Waals surface area contributed by atoms with Crippen molar-refractivity contribution in [3.05, 3.63) is 51.7 Å². The standard InChI is InChI=1S/C19H25N5O3/c1-14(16-7-5-4-6-8-16)13-17(25)22-9-11-23(12-10-22)19-18(24(26)27)15(2)20-21(19)3/h4-8,14H,9-13H2,1-3H3. The smallest absolute Gasteiger partial charge is 0.333 e. The third-order valence-electron chi connectivity index (χ3n) is 5.12. The molecule has 0 radical (unpaired) electrons. The highest BCUT2D eigenvalue weighted by Crippen LogP contribution is 2.31. The maximum atomic E-state index is 12.7. The van der Waals surface area contributed by atoms with Crippen LogP contribution in [0.15, 0.2) is 30.3 Å². The van der Waals surface area contributed by atoms with Crippen molar-refractivity contribution >= 4 is 17.4 Å². The Morgan fingerprint density at radius 1 is 1.22 bits per heavy atom. The Balaban J connectivity index is 1.62. The van der Waals surface area contributed by atoms with Gasteiger partial charge in [0.25, 0.3) is 0 Å². The third kappa shape index (κ3) is 3.94. The molecule has 3 rings (SSSR count). The van der Waals surface area contributed by atoms with Crippen molar-refractivity contribution in [3.8, 4) is 0 Å². The molecule has 0 spiro atoms. The van der Waals surface area contributed by atoms with E-state index in [1.807, 2.05) is 40.1 Å². The van der Waals surface area contributed by atoms with Crippen LogP contribution in [0.3, 0.4) is 0 Å². The van der Waals surface area contributed by atoms with Crippen LogP contribution >= 0.6 is 0 Å². The number of anilines is 1. The lowest BCUT2D eigenvalue weighted by Gasteiger charge is -2.35. The topological polar surface area (TPSA) is 84.5 Å². The van der Waals surface area contributed by atoms with Crippen molar-refractivity contribution in [3.63, 3.8) is 0 Å². The molecule has 2 heterocycles. The molecule has 1 aliphatic rings. The van der Waals surface area contributed by atoms with Gasteiger partial charge in [-0.25, -0.2) is 4.68 Å². The van der Waals surface area contributed by atoms with Gasteiger partial charge in [-0.15, -0.1) is 0 Å². The van der Waals surface area contributed by atoms with Gasteiger partial charge in [0.05, 0.1) is 4.92 Å². The summed E-state index contributed by atoms with van der Waals surface area (Å²) in [6.07, 6.45) is 0.467. The summed E-state index contributed by atoms with van der Waals surface area (Å²) in [7, 11) is 1.72. The second kappa shape index (κ2) is 7.77. The van der Waals surface area contributed by atoms with Crippen molar-refractivity contribution in [1.29, 1.82) is 0 Å². The molecule has 0 N–H and O–H groups in total. The number of aromatic nitrogens is 2. The summed E-state index contributed by atoms with van der Waals surface area (Å²) in [5.41, 5.74) is 1.62. The molecular weight excluding hydrogens is 346 g/mol. The highest BCUT2D eigenvalue weighted by Gasteiger charge is 2.31. The summed E-state index contributed by atoms with van der Waals surface area (Å²) in [5.74, 6) is 0.807. The molecule has 1 aromatic heterocycles. The monoisotopic (exact) mass is 371 g/mol. The number of aryl methyl sites for hydroxylation is 2. The van der Waals surface area contributed by atoms with E-state index in [4.69, 9.17) is 0 Å². The maximum Gasteiger partial charge on any atom is 0.333 e. The van der Waals surface area contributed by atoms with E-state index >= 15 is 0 Å². The van der Waals surface area contributed by atoms with E-state index < -0.39 is 0 Å². The molecule has 1 unspecified atom stereocenters. The van der Waals surface area contributed by atoms with Crippen LogP contribution in [0, 0.1) is 17.0 Å². The van der Waals surface area contributed by atoms with Gasteiger partial charge in [-0.2, -0.15) is 5.10 Å². The molecule has 8 heteroatoms. The number of amides is 1. The number of nitro groups is 1.